The zero-order chi connectivity index (χ0) is 7.68. The van der Waals surface area contributed by atoms with Crippen molar-refractivity contribution in [2.75, 3.05) is 0 Å². The Labute approximate surface area is 64.1 Å². The lowest BCUT2D eigenvalue weighted by Crippen LogP contribution is -1.88. The van der Waals surface area contributed by atoms with Gasteiger partial charge in [0.05, 0.1) is 5.69 Å². The molecule has 0 aromatic carbocycles. The fourth-order valence-corrected chi connectivity index (χ4v) is 1.14. The summed E-state index contributed by atoms with van der Waals surface area (Å²) in [7, 11) is 0. The van der Waals surface area contributed by atoms with Crippen LogP contribution in [0.3, 0.4) is 0 Å². The molecule has 0 N–H and O–H groups in total. The summed E-state index contributed by atoms with van der Waals surface area (Å²) in [6.07, 6.45) is 3.71. The number of carbonyl (C=O) groups excluding carboxylic acids is 1. The van der Waals surface area contributed by atoms with Crippen LogP contribution in [0.2, 0.25) is 0 Å². The highest BCUT2D eigenvalue weighted by atomic mass is 16.1. The molecule has 0 fully saturated rings. The van der Waals surface area contributed by atoms with E-state index in [-0.39, 0.29) is 0 Å². The minimum atomic E-state index is 0.570. The van der Waals surface area contributed by atoms with Gasteiger partial charge in [0.2, 0.25) is 0 Å². The number of hydrogen-bond donors (Lipinski definition) is 0. The van der Waals surface area contributed by atoms with Gasteiger partial charge >= 0.3 is 0 Å². The van der Waals surface area contributed by atoms with E-state index in [4.69, 9.17) is 0 Å². The molecular formula is C9H6NO. The number of hydrogen-bond acceptors (Lipinski definition) is 1. The molecule has 0 saturated heterocycles. The predicted octanol–water partition coefficient (Wildman–Crippen LogP) is 1.40. The molecule has 0 atom stereocenters. The van der Waals surface area contributed by atoms with Gasteiger partial charge in [-0.15, -0.1) is 0 Å². The Balaban J connectivity index is 2.86. The lowest BCUT2D eigenvalue weighted by Gasteiger charge is -1.92. The highest BCUT2D eigenvalue weighted by Gasteiger charge is 1.97. The van der Waals surface area contributed by atoms with Crippen molar-refractivity contribution in [2.24, 2.45) is 0 Å². The summed E-state index contributed by atoms with van der Waals surface area (Å²) >= 11 is 0. The summed E-state index contributed by atoms with van der Waals surface area (Å²) in [5, 5.41) is 0. The maximum absolute atomic E-state index is 10.3. The molecular weight excluding hydrogens is 138 g/mol. The first kappa shape index (κ1) is 6.16. The second-order valence-corrected chi connectivity index (χ2v) is 2.32. The average molecular weight is 144 g/mol. The minimum Gasteiger partial charge on any atom is -0.314 e. The van der Waals surface area contributed by atoms with E-state index in [9.17, 15) is 4.79 Å². The van der Waals surface area contributed by atoms with E-state index in [2.05, 4.69) is 0 Å². The monoisotopic (exact) mass is 144 g/mol. The molecule has 0 amide bonds. The van der Waals surface area contributed by atoms with E-state index < -0.39 is 0 Å². The fourth-order valence-electron chi connectivity index (χ4n) is 1.14. The second-order valence-electron chi connectivity index (χ2n) is 2.32. The largest absolute Gasteiger partial charge is 0.314 e. The molecule has 0 saturated carbocycles. The van der Waals surface area contributed by atoms with Gasteiger partial charge in [0.25, 0.3) is 6.29 Å². The van der Waals surface area contributed by atoms with Gasteiger partial charge in [-0.05, 0) is 24.3 Å². The van der Waals surface area contributed by atoms with E-state index in [1.807, 2.05) is 36.7 Å². The quantitative estimate of drug-likeness (QED) is 0.592. The van der Waals surface area contributed by atoms with Gasteiger partial charge in [0.15, 0.2) is 0 Å². The van der Waals surface area contributed by atoms with Crippen molar-refractivity contribution in [3.05, 3.63) is 42.2 Å². The topological polar surface area (TPSA) is 21.5 Å². The molecule has 2 heteroatoms. The van der Waals surface area contributed by atoms with Crippen LogP contribution in [0.15, 0.2) is 36.5 Å². The first-order chi connectivity index (χ1) is 5.42. The van der Waals surface area contributed by atoms with Crippen molar-refractivity contribution < 1.29 is 4.79 Å². The number of nitrogens with zero attached hydrogens (tertiary/aromatic N) is 1. The number of aromatic nitrogens is 1. The third-order valence-corrected chi connectivity index (χ3v) is 1.67. The molecule has 2 aromatic heterocycles. The maximum atomic E-state index is 10.3. The van der Waals surface area contributed by atoms with Crippen LogP contribution >= 0.6 is 0 Å². The summed E-state index contributed by atoms with van der Waals surface area (Å²) in [5.41, 5.74) is 1.59. The molecule has 2 nitrogen and oxygen atoms in total. The molecule has 0 unspecified atom stereocenters. The SMILES string of the molecule is O=[C]c1ccc2ccccn12. The Hall–Kier alpha value is -1.57. The maximum Gasteiger partial charge on any atom is 0.251 e. The van der Waals surface area contributed by atoms with Gasteiger partial charge in [0.1, 0.15) is 0 Å². The van der Waals surface area contributed by atoms with E-state index in [0.29, 0.717) is 5.69 Å². The zero-order valence-electron chi connectivity index (χ0n) is 5.82. The van der Waals surface area contributed by atoms with Crippen molar-refractivity contribution in [3.63, 3.8) is 0 Å². The van der Waals surface area contributed by atoms with Gasteiger partial charge < -0.3 is 4.40 Å². The van der Waals surface area contributed by atoms with Gasteiger partial charge in [-0.1, -0.05) is 6.07 Å². The molecule has 1 radical (unpaired) electrons. The number of fused-ring (bicyclic) bond motifs is 1. The average Bonchev–Trinajstić information content (AvgIpc) is 2.47. The summed E-state index contributed by atoms with van der Waals surface area (Å²) < 4.78 is 1.80. The first-order valence-corrected chi connectivity index (χ1v) is 3.36. The molecule has 11 heavy (non-hydrogen) atoms. The number of pyridine rings is 1. The molecule has 2 aromatic rings. The Bertz CT molecular complexity index is 389. The third-order valence-electron chi connectivity index (χ3n) is 1.67. The molecule has 0 spiro atoms. The van der Waals surface area contributed by atoms with E-state index in [0.717, 1.165) is 5.52 Å². The lowest BCUT2D eigenvalue weighted by molar-refractivity contribution is 0.561. The van der Waals surface area contributed by atoms with Crippen LogP contribution in [0, 0.1) is 0 Å². The highest BCUT2D eigenvalue weighted by Crippen LogP contribution is 2.06. The van der Waals surface area contributed by atoms with Crippen LogP contribution < -0.4 is 0 Å². The normalized spacial score (nSPS) is 10.2. The predicted molar refractivity (Wildman–Crippen MR) is 42.2 cm³/mol. The first-order valence-electron chi connectivity index (χ1n) is 3.36. The summed E-state index contributed by atoms with van der Waals surface area (Å²) in [4.78, 5) is 10.3. The van der Waals surface area contributed by atoms with Crippen LogP contribution in [0.5, 0.6) is 0 Å². The van der Waals surface area contributed by atoms with Crippen LogP contribution in [0.4, 0.5) is 0 Å². The van der Waals surface area contributed by atoms with Crippen LogP contribution in [-0.2, 0) is 4.79 Å². The Morgan fingerprint density at radius 2 is 2.09 bits per heavy atom. The van der Waals surface area contributed by atoms with Crippen molar-refractivity contribution in [1.29, 1.82) is 0 Å². The lowest BCUT2D eigenvalue weighted by atomic mass is 10.4. The Morgan fingerprint density at radius 1 is 1.18 bits per heavy atom. The summed E-state index contributed by atoms with van der Waals surface area (Å²) in [5.74, 6) is 0. The van der Waals surface area contributed by atoms with Crippen molar-refractivity contribution in [2.45, 2.75) is 0 Å². The van der Waals surface area contributed by atoms with E-state index in [1.54, 1.807) is 10.5 Å². The van der Waals surface area contributed by atoms with Crippen molar-refractivity contribution in [1.82, 2.24) is 4.40 Å². The number of rotatable bonds is 1. The molecule has 2 rings (SSSR count). The Morgan fingerprint density at radius 3 is 2.91 bits per heavy atom. The van der Waals surface area contributed by atoms with Gasteiger partial charge in [-0.3, -0.25) is 4.79 Å². The van der Waals surface area contributed by atoms with E-state index in [1.165, 1.54) is 0 Å². The zero-order valence-corrected chi connectivity index (χ0v) is 5.82. The molecule has 0 aliphatic rings. The van der Waals surface area contributed by atoms with Gasteiger partial charge in [-0.2, -0.15) is 0 Å². The molecule has 2 heterocycles. The van der Waals surface area contributed by atoms with Crippen molar-refractivity contribution >= 4 is 11.8 Å². The highest BCUT2D eigenvalue weighted by molar-refractivity contribution is 5.76. The van der Waals surface area contributed by atoms with Crippen molar-refractivity contribution in [3.8, 4) is 0 Å². The fraction of sp³-hybridized carbons (Fsp3) is 0. The summed E-state index contributed by atoms with van der Waals surface area (Å²) in [6, 6.07) is 9.40. The van der Waals surface area contributed by atoms with Crippen LogP contribution in [0.25, 0.3) is 5.52 Å². The molecule has 0 bridgehead atoms. The van der Waals surface area contributed by atoms with Gasteiger partial charge in [0, 0.05) is 11.7 Å². The minimum absolute atomic E-state index is 0.570. The van der Waals surface area contributed by atoms with Crippen LogP contribution in [0.1, 0.15) is 5.69 Å². The Kier molecular flexibility index (Phi) is 1.25. The molecule has 0 aliphatic heterocycles. The summed E-state index contributed by atoms with van der Waals surface area (Å²) in [6.45, 7) is 0. The smallest absolute Gasteiger partial charge is 0.251 e. The molecule has 53 valence electrons. The van der Waals surface area contributed by atoms with Crippen LogP contribution in [-0.4, -0.2) is 10.7 Å². The van der Waals surface area contributed by atoms with E-state index >= 15 is 0 Å². The standard InChI is InChI=1S/C9H6NO/c11-7-9-5-4-8-3-1-2-6-10(8)9/h1-6H. The third kappa shape index (κ3) is 0.835. The van der Waals surface area contributed by atoms with Gasteiger partial charge in [-0.25, -0.2) is 0 Å². The molecule has 0 aliphatic carbocycles. The second kappa shape index (κ2) is 2.23.